The van der Waals surface area contributed by atoms with E-state index in [-0.39, 0.29) is 6.61 Å². The Morgan fingerprint density at radius 3 is 2.61 bits per heavy atom. The SMILES string of the molecule is O=C(O)NN1CCC(c2ccccc2CO)CC1. The van der Waals surface area contributed by atoms with Crippen LogP contribution in [0.4, 0.5) is 4.79 Å². The van der Waals surface area contributed by atoms with Gasteiger partial charge in [-0.2, -0.15) is 0 Å². The monoisotopic (exact) mass is 250 g/mol. The molecule has 5 heteroatoms. The summed E-state index contributed by atoms with van der Waals surface area (Å²) in [5.74, 6) is 0.403. The summed E-state index contributed by atoms with van der Waals surface area (Å²) in [7, 11) is 0. The highest BCUT2D eigenvalue weighted by molar-refractivity contribution is 5.63. The number of aliphatic hydroxyl groups excluding tert-OH is 1. The van der Waals surface area contributed by atoms with Gasteiger partial charge in [-0.3, -0.25) is 5.43 Å². The number of piperidine rings is 1. The second-order valence-electron chi connectivity index (χ2n) is 4.54. The third-order valence-electron chi connectivity index (χ3n) is 3.41. The van der Waals surface area contributed by atoms with Gasteiger partial charge in [0.15, 0.2) is 0 Å². The fraction of sp³-hybridized carbons (Fsp3) is 0.462. The van der Waals surface area contributed by atoms with Crippen molar-refractivity contribution in [3.63, 3.8) is 0 Å². The molecular weight excluding hydrogens is 232 g/mol. The van der Waals surface area contributed by atoms with Crippen LogP contribution in [0.5, 0.6) is 0 Å². The molecule has 0 aromatic heterocycles. The molecule has 18 heavy (non-hydrogen) atoms. The lowest BCUT2D eigenvalue weighted by Crippen LogP contribution is -2.45. The molecule has 0 unspecified atom stereocenters. The predicted octanol–water partition coefficient (Wildman–Crippen LogP) is 1.54. The highest BCUT2D eigenvalue weighted by Gasteiger charge is 2.22. The van der Waals surface area contributed by atoms with E-state index in [0.717, 1.165) is 18.4 Å². The van der Waals surface area contributed by atoms with Crippen LogP contribution >= 0.6 is 0 Å². The molecule has 0 radical (unpaired) electrons. The minimum atomic E-state index is -1.01. The van der Waals surface area contributed by atoms with Crippen LogP contribution in [-0.2, 0) is 6.61 Å². The molecule has 3 N–H and O–H groups in total. The number of hydrogen-bond acceptors (Lipinski definition) is 3. The maximum absolute atomic E-state index is 10.5. The third-order valence-corrected chi connectivity index (χ3v) is 3.41. The first-order chi connectivity index (χ1) is 8.70. The number of benzene rings is 1. The number of hydrogen-bond donors (Lipinski definition) is 3. The maximum atomic E-state index is 10.5. The molecular formula is C13H18N2O3. The second kappa shape index (κ2) is 5.84. The summed E-state index contributed by atoms with van der Waals surface area (Å²) in [5, 5.41) is 19.7. The molecule has 5 nitrogen and oxygen atoms in total. The summed E-state index contributed by atoms with van der Waals surface area (Å²) in [5.41, 5.74) is 4.55. The van der Waals surface area contributed by atoms with E-state index >= 15 is 0 Å². The van der Waals surface area contributed by atoms with Crippen molar-refractivity contribution in [2.45, 2.75) is 25.4 Å². The number of aliphatic hydroxyl groups is 1. The quantitative estimate of drug-likeness (QED) is 0.761. The number of rotatable bonds is 3. The highest BCUT2D eigenvalue weighted by Crippen LogP contribution is 2.29. The first-order valence-corrected chi connectivity index (χ1v) is 6.14. The molecule has 98 valence electrons. The molecule has 1 saturated heterocycles. The van der Waals surface area contributed by atoms with Gasteiger partial charge in [0.05, 0.1) is 6.61 Å². The van der Waals surface area contributed by atoms with Gasteiger partial charge in [0.25, 0.3) is 0 Å². The lowest BCUT2D eigenvalue weighted by atomic mass is 9.87. The summed E-state index contributed by atoms with van der Waals surface area (Å²) >= 11 is 0. The van der Waals surface area contributed by atoms with Gasteiger partial charge in [-0.15, -0.1) is 0 Å². The lowest BCUT2D eigenvalue weighted by Gasteiger charge is -2.32. The average Bonchev–Trinajstić information content (AvgIpc) is 2.39. The Morgan fingerprint density at radius 1 is 1.33 bits per heavy atom. The molecule has 1 fully saturated rings. The van der Waals surface area contributed by atoms with Crippen molar-refractivity contribution >= 4 is 6.09 Å². The first kappa shape index (κ1) is 12.9. The number of amides is 1. The maximum Gasteiger partial charge on any atom is 0.419 e. The van der Waals surface area contributed by atoms with Gasteiger partial charge in [0, 0.05) is 13.1 Å². The minimum absolute atomic E-state index is 0.0593. The van der Waals surface area contributed by atoms with Gasteiger partial charge in [-0.05, 0) is 29.9 Å². The van der Waals surface area contributed by atoms with Crippen LogP contribution in [0.1, 0.15) is 29.9 Å². The summed E-state index contributed by atoms with van der Waals surface area (Å²) in [6.45, 7) is 1.47. The molecule has 1 aromatic rings. The predicted molar refractivity (Wildman–Crippen MR) is 67.1 cm³/mol. The van der Waals surface area contributed by atoms with Crippen LogP contribution in [0.3, 0.4) is 0 Å². The zero-order chi connectivity index (χ0) is 13.0. The van der Waals surface area contributed by atoms with E-state index < -0.39 is 6.09 Å². The normalized spacial score (nSPS) is 17.6. The molecule has 1 aliphatic heterocycles. The van der Waals surface area contributed by atoms with Crippen LogP contribution in [0.15, 0.2) is 24.3 Å². The van der Waals surface area contributed by atoms with Crippen molar-refractivity contribution in [2.75, 3.05) is 13.1 Å². The van der Waals surface area contributed by atoms with Crippen molar-refractivity contribution in [3.05, 3.63) is 35.4 Å². The molecule has 0 aliphatic carbocycles. The van der Waals surface area contributed by atoms with Crippen molar-refractivity contribution in [1.29, 1.82) is 0 Å². The van der Waals surface area contributed by atoms with Crippen molar-refractivity contribution < 1.29 is 15.0 Å². The summed E-state index contributed by atoms with van der Waals surface area (Å²) in [6, 6.07) is 7.90. The van der Waals surface area contributed by atoms with Crippen LogP contribution in [-0.4, -0.2) is 34.4 Å². The fourth-order valence-electron chi connectivity index (χ4n) is 2.51. The molecule has 0 bridgehead atoms. The number of nitrogens with one attached hydrogen (secondary N) is 1. The van der Waals surface area contributed by atoms with Crippen LogP contribution in [0.25, 0.3) is 0 Å². The third kappa shape index (κ3) is 3.00. The molecule has 1 heterocycles. The summed E-state index contributed by atoms with van der Waals surface area (Å²) in [4.78, 5) is 10.5. The summed E-state index contributed by atoms with van der Waals surface area (Å²) in [6.07, 6.45) is 0.790. The van der Waals surface area contributed by atoms with E-state index in [1.807, 2.05) is 18.2 Å². The number of nitrogens with zero attached hydrogens (tertiary/aromatic N) is 1. The minimum Gasteiger partial charge on any atom is -0.464 e. The smallest absolute Gasteiger partial charge is 0.419 e. The standard InChI is InChI=1S/C13H18N2O3/c16-9-11-3-1-2-4-12(11)10-5-7-15(8-6-10)14-13(17)18/h1-4,10,14,16H,5-9H2,(H,17,18). The Kier molecular flexibility index (Phi) is 4.17. The van der Waals surface area contributed by atoms with E-state index in [1.165, 1.54) is 5.56 Å². The van der Waals surface area contributed by atoms with Crippen LogP contribution in [0.2, 0.25) is 0 Å². The van der Waals surface area contributed by atoms with E-state index in [1.54, 1.807) is 5.01 Å². The van der Waals surface area contributed by atoms with Crippen molar-refractivity contribution in [1.82, 2.24) is 10.4 Å². The van der Waals surface area contributed by atoms with Crippen molar-refractivity contribution in [3.8, 4) is 0 Å². The van der Waals surface area contributed by atoms with Gasteiger partial charge in [0.2, 0.25) is 0 Å². The Hall–Kier alpha value is -1.59. The lowest BCUT2D eigenvalue weighted by molar-refractivity contribution is 0.118. The molecule has 0 spiro atoms. The topological polar surface area (TPSA) is 72.8 Å². The number of carbonyl (C=O) groups is 1. The van der Waals surface area contributed by atoms with Gasteiger partial charge in [-0.25, -0.2) is 9.80 Å². The molecule has 0 atom stereocenters. The molecule has 2 rings (SSSR count). The second-order valence-corrected chi connectivity index (χ2v) is 4.54. The van der Waals surface area contributed by atoms with E-state index in [4.69, 9.17) is 5.11 Å². The summed E-state index contributed by atoms with van der Waals surface area (Å²) < 4.78 is 0. The highest BCUT2D eigenvalue weighted by atomic mass is 16.4. The average molecular weight is 250 g/mol. The molecule has 0 saturated carbocycles. The van der Waals surface area contributed by atoms with Crippen LogP contribution in [0, 0.1) is 0 Å². The Labute approximate surface area is 106 Å². The van der Waals surface area contributed by atoms with Gasteiger partial charge in [-0.1, -0.05) is 24.3 Å². The van der Waals surface area contributed by atoms with Gasteiger partial charge >= 0.3 is 6.09 Å². The van der Waals surface area contributed by atoms with Gasteiger partial charge < -0.3 is 10.2 Å². The zero-order valence-corrected chi connectivity index (χ0v) is 10.2. The van der Waals surface area contributed by atoms with E-state index in [2.05, 4.69) is 11.5 Å². The number of hydrazine groups is 1. The Balaban J connectivity index is 1.99. The first-order valence-electron chi connectivity index (χ1n) is 6.14. The Bertz CT molecular complexity index is 414. The van der Waals surface area contributed by atoms with E-state index in [0.29, 0.717) is 19.0 Å². The Morgan fingerprint density at radius 2 is 2.00 bits per heavy atom. The van der Waals surface area contributed by atoms with Crippen molar-refractivity contribution in [2.24, 2.45) is 0 Å². The van der Waals surface area contributed by atoms with Gasteiger partial charge in [0.1, 0.15) is 0 Å². The molecule has 1 aliphatic rings. The van der Waals surface area contributed by atoms with Crippen LogP contribution < -0.4 is 5.43 Å². The largest absolute Gasteiger partial charge is 0.464 e. The fourth-order valence-corrected chi connectivity index (χ4v) is 2.51. The number of carboxylic acid groups (broad SMARTS) is 1. The van der Waals surface area contributed by atoms with E-state index in [9.17, 15) is 9.90 Å². The zero-order valence-electron chi connectivity index (χ0n) is 10.2. The molecule has 1 amide bonds. The molecule has 1 aromatic carbocycles.